The van der Waals surface area contributed by atoms with Crippen molar-refractivity contribution in [1.29, 1.82) is 0 Å². The topological polar surface area (TPSA) is 94.2 Å². The number of hydrogen-bond acceptors (Lipinski definition) is 6. The number of hydrogen-bond donors (Lipinski definition) is 1. The van der Waals surface area contributed by atoms with Gasteiger partial charge in [0.15, 0.2) is 11.5 Å². The summed E-state index contributed by atoms with van der Waals surface area (Å²) in [7, 11) is -1.03. The molecule has 1 amide bonds. The molecule has 0 aliphatic carbocycles. The van der Waals surface area contributed by atoms with Crippen LogP contribution >= 0.6 is 0 Å². The van der Waals surface area contributed by atoms with Gasteiger partial charge in [-0.3, -0.25) is 4.79 Å². The molecule has 1 aliphatic heterocycles. The summed E-state index contributed by atoms with van der Waals surface area (Å²) in [6, 6.07) is 14.0. The van der Waals surface area contributed by atoms with E-state index in [1.165, 1.54) is 30.7 Å². The van der Waals surface area contributed by atoms with Gasteiger partial charge in [-0.2, -0.15) is 4.31 Å². The van der Waals surface area contributed by atoms with Gasteiger partial charge in [-0.05, 0) is 37.0 Å². The van der Waals surface area contributed by atoms with Gasteiger partial charge in [0.2, 0.25) is 15.9 Å². The van der Waals surface area contributed by atoms with Gasteiger partial charge in [0.25, 0.3) is 0 Å². The van der Waals surface area contributed by atoms with Crippen LogP contribution in [0.1, 0.15) is 18.4 Å². The Kier molecular flexibility index (Phi) is 8.49. The molecule has 2 aromatic rings. The average molecular weight is 463 g/mol. The molecule has 0 saturated carbocycles. The van der Waals surface area contributed by atoms with Crippen LogP contribution in [0.4, 0.5) is 0 Å². The maximum absolute atomic E-state index is 13.4. The van der Waals surface area contributed by atoms with E-state index in [-0.39, 0.29) is 30.0 Å². The van der Waals surface area contributed by atoms with Crippen molar-refractivity contribution in [2.45, 2.75) is 30.3 Å². The number of nitrogens with zero attached hydrogens (tertiary/aromatic N) is 1. The molecule has 0 bridgehead atoms. The summed E-state index contributed by atoms with van der Waals surface area (Å²) in [5.41, 5.74) is 0.986. The monoisotopic (exact) mass is 462 g/mol. The van der Waals surface area contributed by atoms with Gasteiger partial charge < -0.3 is 19.5 Å². The second-order valence-electron chi connectivity index (χ2n) is 7.53. The average Bonchev–Trinajstić information content (AvgIpc) is 3.34. The molecule has 2 aromatic carbocycles. The van der Waals surface area contributed by atoms with E-state index >= 15 is 0 Å². The number of sulfonamides is 1. The second-order valence-corrected chi connectivity index (χ2v) is 9.47. The lowest BCUT2D eigenvalue weighted by Gasteiger charge is -2.23. The minimum atomic E-state index is -3.96. The first-order chi connectivity index (χ1) is 15.4. The van der Waals surface area contributed by atoms with E-state index in [1.54, 1.807) is 6.07 Å². The zero-order valence-electron chi connectivity index (χ0n) is 18.5. The van der Waals surface area contributed by atoms with Gasteiger partial charge in [0.05, 0.1) is 31.8 Å². The van der Waals surface area contributed by atoms with Crippen LogP contribution in [0.25, 0.3) is 0 Å². The molecule has 1 fully saturated rings. The fourth-order valence-electron chi connectivity index (χ4n) is 3.56. The summed E-state index contributed by atoms with van der Waals surface area (Å²) in [5, 5.41) is 2.80. The first-order valence-electron chi connectivity index (χ1n) is 10.6. The number of benzene rings is 2. The number of amides is 1. The van der Waals surface area contributed by atoms with Gasteiger partial charge in [0.1, 0.15) is 0 Å². The summed E-state index contributed by atoms with van der Waals surface area (Å²) in [6.07, 6.45) is 2.32. The quantitative estimate of drug-likeness (QED) is 0.550. The van der Waals surface area contributed by atoms with Crippen LogP contribution in [0.5, 0.6) is 11.5 Å². The summed E-state index contributed by atoms with van der Waals surface area (Å²) >= 11 is 0. The Bertz CT molecular complexity index is 991. The van der Waals surface area contributed by atoms with Crippen LogP contribution in [0.2, 0.25) is 0 Å². The molecule has 8 nitrogen and oxygen atoms in total. The van der Waals surface area contributed by atoms with Crippen LogP contribution in [-0.2, 0) is 26.0 Å². The van der Waals surface area contributed by atoms with Crippen LogP contribution < -0.4 is 14.8 Å². The molecule has 1 atom stereocenters. The molecule has 1 N–H and O–H groups in total. The SMILES string of the molecule is COc1ccc(S(=O)(=O)N(CCc2ccccc2)CC(=O)NCC2CCCO2)cc1OC. The number of carbonyl (C=O) groups is 1. The highest BCUT2D eigenvalue weighted by molar-refractivity contribution is 7.89. The molecule has 1 saturated heterocycles. The Morgan fingerprint density at radius 3 is 2.53 bits per heavy atom. The van der Waals surface area contributed by atoms with Crippen molar-refractivity contribution in [1.82, 2.24) is 9.62 Å². The molecule has 1 aliphatic rings. The van der Waals surface area contributed by atoms with Gasteiger partial charge in [-0.25, -0.2) is 8.42 Å². The number of carbonyl (C=O) groups excluding carboxylic acids is 1. The Labute approximate surface area is 189 Å². The molecule has 0 aromatic heterocycles. The molecule has 1 heterocycles. The number of methoxy groups -OCH3 is 2. The molecule has 0 spiro atoms. The maximum Gasteiger partial charge on any atom is 0.243 e. The third kappa shape index (κ3) is 6.21. The van der Waals surface area contributed by atoms with Gasteiger partial charge >= 0.3 is 0 Å². The molecular weight excluding hydrogens is 432 g/mol. The smallest absolute Gasteiger partial charge is 0.243 e. The molecule has 3 rings (SSSR count). The van der Waals surface area contributed by atoms with E-state index in [0.717, 1.165) is 18.4 Å². The summed E-state index contributed by atoms with van der Waals surface area (Å²) in [5.74, 6) is 0.369. The molecule has 1 unspecified atom stereocenters. The Hall–Kier alpha value is -2.62. The standard InChI is InChI=1S/C23H30N2O6S/c1-29-21-11-10-20(15-22(21)30-2)32(27,28)25(13-12-18-7-4-3-5-8-18)17-23(26)24-16-19-9-6-14-31-19/h3-5,7-8,10-11,15,19H,6,9,12-14,16-17H2,1-2H3,(H,24,26). The highest BCUT2D eigenvalue weighted by Gasteiger charge is 2.28. The largest absolute Gasteiger partial charge is 0.493 e. The molecule has 174 valence electrons. The third-order valence-corrected chi connectivity index (χ3v) is 7.20. The van der Waals surface area contributed by atoms with E-state index in [4.69, 9.17) is 14.2 Å². The highest BCUT2D eigenvalue weighted by atomic mass is 32.2. The second kappa shape index (κ2) is 11.3. The van der Waals surface area contributed by atoms with Crippen molar-refractivity contribution in [2.75, 3.05) is 40.5 Å². The van der Waals surface area contributed by atoms with Crippen molar-refractivity contribution in [3.63, 3.8) is 0 Å². The lowest BCUT2D eigenvalue weighted by molar-refractivity contribution is -0.121. The van der Waals surface area contributed by atoms with E-state index in [9.17, 15) is 13.2 Å². The van der Waals surface area contributed by atoms with Crippen LogP contribution in [0.3, 0.4) is 0 Å². The Balaban J connectivity index is 1.78. The molecular formula is C23H30N2O6S. The van der Waals surface area contributed by atoms with Gasteiger partial charge in [-0.1, -0.05) is 30.3 Å². The lowest BCUT2D eigenvalue weighted by atomic mass is 10.1. The van der Waals surface area contributed by atoms with Gasteiger partial charge in [-0.15, -0.1) is 0 Å². The van der Waals surface area contributed by atoms with Crippen molar-refractivity contribution >= 4 is 15.9 Å². The normalized spacial score (nSPS) is 16.2. The number of rotatable bonds is 11. The molecule has 0 radical (unpaired) electrons. The number of ether oxygens (including phenoxy) is 3. The summed E-state index contributed by atoms with van der Waals surface area (Å²) < 4.78 is 44.1. The van der Waals surface area contributed by atoms with E-state index in [0.29, 0.717) is 31.1 Å². The minimum Gasteiger partial charge on any atom is -0.493 e. The van der Waals surface area contributed by atoms with Gasteiger partial charge in [0, 0.05) is 25.8 Å². The first kappa shape index (κ1) is 24.0. The van der Waals surface area contributed by atoms with Crippen molar-refractivity contribution < 1.29 is 27.4 Å². The Morgan fingerprint density at radius 1 is 1.12 bits per heavy atom. The van der Waals surface area contributed by atoms with Crippen LogP contribution in [0.15, 0.2) is 53.4 Å². The zero-order valence-corrected chi connectivity index (χ0v) is 19.3. The number of nitrogens with one attached hydrogen (secondary N) is 1. The molecule has 32 heavy (non-hydrogen) atoms. The fraction of sp³-hybridized carbons (Fsp3) is 0.435. The predicted molar refractivity (Wildman–Crippen MR) is 120 cm³/mol. The van der Waals surface area contributed by atoms with E-state index < -0.39 is 10.0 Å². The fourth-order valence-corrected chi connectivity index (χ4v) is 4.97. The van der Waals surface area contributed by atoms with Crippen molar-refractivity contribution in [2.24, 2.45) is 0 Å². The zero-order chi connectivity index (χ0) is 23.0. The summed E-state index contributed by atoms with van der Waals surface area (Å²) in [4.78, 5) is 12.6. The highest BCUT2D eigenvalue weighted by Crippen LogP contribution is 2.30. The van der Waals surface area contributed by atoms with Crippen molar-refractivity contribution in [3.05, 3.63) is 54.1 Å². The summed E-state index contributed by atoms with van der Waals surface area (Å²) in [6.45, 7) is 0.948. The van der Waals surface area contributed by atoms with Crippen LogP contribution in [0, 0.1) is 0 Å². The van der Waals surface area contributed by atoms with E-state index in [1.807, 2.05) is 30.3 Å². The van der Waals surface area contributed by atoms with E-state index in [2.05, 4.69) is 5.32 Å². The van der Waals surface area contributed by atoms with Crippen molar-refractivity contribution in [3.8, 4) is 11.5 Å². The lowest BCUT2D eigenvalue weighted by Crippen LogP contribution is -2.43. The third-order valence-electron chi connectivity index (χ3n) is 5.36. The predicted octanol–water partition coefficient (Wildman–Crippen LogP) is 2.23. The molecule has 9 heteroatoms. The maximum atomic E-state index is 13.4. The minimum absolute atomic E-state index is 0.0147. The first-order valence-corrected chi connectivity index (χ1v) is 12.0. The van der Waals surface area contributed by atoms with Crippen LogP contribution in [-0.4, -0.2) is 65.2 Å². The Morgan fingerprint density at radius 2 is 1.88 bits per heavy atom.